The van der Waals surface area contributed by atoms with Crippen molar-refractivity contribution in [3.05, 3.63) is 36.7 Å². The Bertz CT molecular complexity index is 423. The number of pyridine rings is 1. The lowest BCUT2D eigenvalue weighted by Crippen LogP contribution is -2.25. The summed E-state index contributed by atoms with van der Waals surface area (Å²) in [6.45, 7) is 0. The van der Waals surface area contributed by atoms with Crippen LogP contribution in [-0.4, -0.2) is 5.11 Å². The van der Waals surface area contributed by atoms with E-state index >= 15 is 0 Å². The molecular formula is C10H10NO+. The van der Waals surface area contributed by atoms with Gasteiger partial charge in [0, 0.05) is 6.07 Å². The maximum Gasteiger partial charge on any atom is 0.180 e. The van der Waals surface area contributed by atoms with E-state index < -0.39 is 0 Å². The van der Waals surface area contributed by atoms with Gasteiger partial charge in [-0.25, -0.2) is 4.57 Å². The Morgan fingerprint density at radius 2 is 2.08 bits per heavy atom. The van der Waals surface area contributed by atoms with E-state index in [1.165, 1.54) is 0 Å². The number of benzene rings is 1. The van der Waals surface area contributed by atoms with Crippen molar-refractivity contribution < 1.29 is 9.67 Å². The highest BCUT2D eigenvalue weighted by molar-refractivity contribution is 5.86. The van der Waals surface area contributed by atoms with Gasteiger partial charge in [-0.3, -0.25) is 0 Å². The van der Waals surface area contributed by atoms with E-state index in [-0.39, 0.29) is 0 Å². The number of aryl methyl sites for hydroxylation is 1. The molecule has 60 valence electrons. The molecule has 1 aromatic heterocycles. The third-order valence-corrected chi connectivity index (χ3v) is 1.94. The van der Waals surface area contributed by atoms with Crippen molar-refractivity contribution in [1.82, 2.24) is 0 Å². The number of rotatable bonds is 0. The molecule has 0 saturated heterocycles. The summed E-state index contributed by atoms with van der Waals surface area (Å²) < 4.78 is 1.92. The quantitative estimate of drug-likeness (QED) is 0.578. The zero-order valence-corrected chi connectivity index (χ0v) is 6.86. The first kappa shape index (κ1) is 7.10. The van der Waals surface area contributed by atoms with Crippen LogP contribution in [0.15, 0.2) is 36.7 Å². The Balaban J connectivity index is 2.88. The van der Waals surface area contributed by atoms with Gasteiger partial charge >= 0.3 is 0 Å². The zero-order chi connectivity index (χ0) is 8.55. The van der Waals surface area contributed by atoms with Crippen molar-refractivity contribution in [2.75, 3.05) is 0 Å². The molecule has 0 bridgehead atoms. The van der Waals surface area contributed by atoms with E-state index in [1.807, 2.05) is 42.2 Å². The summed E-state index contributed by atoms with van der Waals surface area (Å²) in [5, 5.41) is 11.4. The lowest BCUT2D eigenvalue weighted by atomic mass is 10.1. The topological polar surface area (TPSA) is 24.1 Å². The van der Waals surface area contributed by atoms with E-state index in [2.05, 4.69) is 0 Å². The zero-order valence-electron chi connectivity index (χ0n) is 6.86. The lowest BCUT2D eigenvalue weighted by molar-refractivity contribution is -0.670. The largest absolute Gasteiger partial charge is 0.507 e. The Kier molecular flexibility index (Phi) is 1.47. The van der Waals surface area contributed by atoms with Gasteiger partial charge in [-0.05, 0) is 11.5 Å². The smallest absolute Gasteiger partial charge is 0.180 e. The molecule has 1 N–H and O–H groups in total. The number of phenols is 1. The second kappa shape index (κ2) is 2.48. The monoisotopic (exact) mass is 160 g/mol. The number of phenolic OH excluding ortho intramolecular Hbond substituents is 1. The number of hydrogen-bond acceptors (Lipinski definition) is 1. The summed E-state index contributed by atoms with van der Waals surface area (Å²) in [5.41, 5.74) is 0. The molecule has 0 fully saturated rings. The Hall–Kier alpha value is -1.57. The van der Waals surface area contributed by atoms with Crippen molar-refractivity contribution in [1.29, 1.82) is 0 Å². The predicted octanol–water partition coefficient (Wildman–Crippen LogP) is 1.37. The molecule has 0 amide bonds. The summed E-state index contributed by atoms with van der Waals surface area (Å²) in [4.78, 5) is 0. The van der Waals surface area contributed by atoms with Crippen molar-refractivity contribution in [3.8, 4) is 5.75 Å². The molecule has 1 aromatic carbocycles. The van der Waals surface area contributed by atoms with Crippen molar-refractivity contribution in [3.63, 3.8) is 0 Å². The van der Waals surface area contributed by atoms with Crippen LogP contribution in [0.4, 0.5) is 0 Å². The first-order valence-electron chi connectivity index (χ1n) is 3.84. The van der Waals surface area contributed by atoms with Gasteiger partial charge in [-0.2, -0.15) is 0 Å². The molecule has 0 unspecified atom stereocenters. The summed E-state index contributed by atoms with van der Waals surface area (Å²) in [6.07, 6.45) is 3.87. The SMILES string of the molecule is C[n+]1ccc2cccc(O)c2c1. The van der Waals surface area contributed by atoms with Gasteiger partial charge in [0.2, 0.25) is 0 Å². The summed E-state index contributed by atoms with van der Waals surface area (Å²) in [5.74, 6) is 0.337. The fourth-order valence-corrected chi connectivity index (χ4v) is 1.30. The van der Waals surface area contributed by atoms with Gasteiger partial charge in [0.05, 0.1) is 5.39 Å². The van der Waals surface area contributed by atoms with Crippen LogP contribution in [0, 0.1) is 0 Å². The molecule has 0 aliphatic carbocycles. The molecule has 2 aromatic rings. The van der Waals surface area contributed by atoms with Gasteiger partial charge in [-0.15, -0.1) is 0 Å². The highest BCUT2D eigenvalue weighted by atomic mass is 16.3. The van der Waals surface area contributed by atoms with Crippen molar-refractivity contribution in [2.24, 2.45) is 7.05 Å². The summed E-state index contributed by atoms with van der Waals surface area (Å²) in [7, 11) is 1.94. The first-order valence-corrected chi connectivity index (χ1v) is 3.84. The lowest BCUT2D eigenvalue weighted by Gasteiger charge is -1.97. The molecule has 0 radical (unpaired) electrons. The van der Waals surface area contributed by atoms with E-state index in [9.17, 15) is 5.11 Å². The fraction of sp³-hybridized carbons (Fsp3) is 0.100. The van der Waals surface area contributed by atoms with E-state index in [0.717, 1.165) is 10.8 Å². The normalized spacial score (nSPS) is 10.4. The average molecular weight is 160 g/mol. The molecule has 0 saturated carbocycles. The van der Waals surface area contributed by atoms with Gasteiger partial charge in [0.15, 0.2) is 12.4 Å². The average Bonchev–Trinajstić information content (AvgIpc) is 2.07. The number of aromatic hydroxyl groups is 1. The van der Waals surface area contributed by atoms with E-state index in [4.69, 9.17) is 0 Å². The number of nitrogens with zero attached hydrogens (tertiary/aromatic N) is 1. The van der Waals surface area contributed by atoms with Gasteiger partial charge in [0.1, 0.15) is 12.8 Å². The van der Waals surface area contributed by atoms with Crippen LogP contribution >= 0.6 is 0 Å². The van der Waals surface area contributed by atoms with Crippen LogP contribution in [0.1, 0.15) is 0 Å². The molecule has 0 aliphatic rings. The predicted molar refractivity (Wildman–Crippen MR) is 46.8 cm³/mol. The van der Waals surface area contributed by atoms with E-state index in [0.29, 0.717) is 5.75 Å². The van der Waals surface area contributed by atoms with Crippen molar-refractivity contribution >= 4 is 10.8 Å². The molecule has 0 aliphatic heterocycles. The molecule has 0 spiro atoms. The third kappa shape index (κ3) is 1.01. The third-order valence-electron chi connectivity index (χ3n) is 1.94. The Morgan fingerprint density at radius 1 is 1.25 bits per heavy atom. The fourth-order valence-electron chi connectivity index (χ4n) is 1.30. The highest BCUT2D eigenvalue weighted by Crippen LogP contribution is 2.21. The van der Waals surface area contributed by atoms with Crippen LogP contribution in [0.3, 0.4) is 0 Å². The maximum atomic E-state index is 9.48. The second-order valence-electron chi connectivity index (χ2n) is 2.89. The molecule has 2 rings (SSSR count). The minimum Gasteiger partial charge on any atom is -0.507 e. The molecular weight excluding hydrogens is 150 g/mol. The standard InChI is InChI=1S/C10H9NO/c1-11-6-5-8-3-2-4-10(12)9(8)7-11/h2-7H,1H3/p+1. The molecule has 12 heavy (non-hydrogen) atoms. The van der Waals surface area contributed by atoms with Crippen LogP contribution in [-0.2, 0) is 7.05 Å². The van der Waals surface area contributed by atoms with Gasteiger partial charge in [0.25, 0.3) is 0 Å². The Labute approximate surface area is 70.7 Å². The Morgan fingerprint density at radius 3 is 2.92 bits per heavy atom. The molecule has 0 atom stereocenters. The summed E-state index contributed by atoms with van der Waals surface area (Å²) in [6, 6.07) is 7.50. The number of hydrogen-bond donors (Lipinski definition) is 1. The van der Waals surface area contributed by atoms with Crippen LogP contribution in [0.25, 0.3) is 10.8 Å². The van der Waals surface area contributed by atoms with Crippen molar-refractivity contribution in [2.45, 2.75) is 0 Å². The summed E-state index contributed by atoms with van der Waals surface area (Å²) >= 11 is 0. The van der Waals surface area contributed by atoms with Crippen LogP contribution in [0.5, 0.6) is 5.75 Å². The highest BCUT2D eigenvalue weighted by Gasteiger charge is 2.01. The van der Waals surface area contributed by atoms with E-state index in [1.54, 1.807) is 6.07 Å². The molecule has 1 heterocycles. The van der Waals surface area contributed by atoms with Gasteiger partial charge < -0.3 is 5.11 Å². The molecule has 2 heteroatoms. The molecule has 2 nitrogen and oxygen atoms in total. The first-order chi connectivity index (χ1) is 5.77. The minimum atomic E-state index is 0.337. The maximum absolute atomic E-state index is 9.48. The minimum absolute atomic E-state index is 0.337. The van der Waals surface area contributed by atoms with Crippen LogP contribution < -0.4 is 4.57 Å². The van der Waals surface area contributed by atoms with Gasteiger partial charge in [-0.1, -0.05) is 12.1 Å². The second-order valence-corrected chi connectivity index (χ2v) is 2.89. The van der Waals surface area contributed by atoms with Crippen LogP contribution in [0.2, 0.25) is 0 Å². The number of aromatic nitrogens is 1. The number of fused-ring (bicyclic) bond motifs is 1.